The van der Waals surface area contributed by atoms with E-state index in [1.165, 1.54) is 11.9 Å². The smallest absolute Gasteiger partial charge is 0.317 e. The predicted octanol–water partition coefficient (Wildman–Crippen LogP) is 3.86. The number of nitrogen functional groups attached to an aromatic ring is 1. The second-order valence-corrected chi connectivity index (χ2v) is 11.4. The number of rotatable bonds is 9. The molecule has 3 N–H and O–H groups in total. The van der Waals surface area contributed by atoms with Crippen LogP contribution >= 0.6 is 0 Å². The average molecular weight is 614 g/mol. The molecule has 232 valence electrons. The monoisotopic (exact) mass is 613 g/mol. The third kappa shape index (κ3) is 6.15. The number of carbonyl (C=O) groups is 1. The van der Waals surface area contributed by atoms with Gasteiger partial charge in [0.1, 0.15) is 17.7 Å². The van der Waals surface area contributed by atoms with Gasteiger partial charge in [-0.3, -0.25) is 4.90 Å². The fourth-order valence-corrected chi connectivity index (χ4v) is 6.17. The van der Waals surface area contributed by atoms with Crippen LogP contribution in [-0.4, -0.2) is 76.5 Å². The van der Waals surface area contributed by atoms with Gasteiger partial charge in [0.05, 0.1) is 31.2 Å². The Hall–Kier alpha value is -5.62. The fraction of sp³-hybridized carbons (Fsp3) is 0.235. The first kappa shape index (κ1) is 29.1. The van der Waals surface area contributed by atoms with Gasteiger partial charge in [0.25, 0.3) is 0 Å². The molecule has 1 saturated heterocycles. The molecule has 7 rings (SSSR count). The van der Waals surface area contributed by atoms with Crippen molar-refractivity contribution in [2.24, 2.45) is 0 Å². The molecule has 3 aliphatic rings. The predicted molar refractivity (Wildman–Crippen MR) is 174 cm³/mol. The number of imidazole rings is 1. The number of hydrogen-bond donors (Lipinski definition) is 2. The van der Waals surface area contributed by atoms with Crippen molar-refractivity contribution < 1.29 is 4.79 Å². The summed E-state index contributed by atoms with van der Waals surface area (Å²) >= 11 is 0. The molecule has 46 heavy (non-hydrogen) atoms. The summed E-state index contributed by atoms with van der Waals surface area (Å²) in [6, 6.07) is 30.6. The molecule has 0 aliphatic carbocycles. The van der Waals surface area contributed by atoms with E-state index in [0.717, 1.165) is 16.8 Å². The van der Waals surface area contributed by atoms with Gasteiger partial charge in [-0.15, -0.1) is 5.10 Å². The zero-order valence-electron chi connectivity index (χ0n) is 25.3. The van der Waals surface area contributed by atoms with Crippen LogP contribution < -0.4 is 11.1 Å². The number of nitrogens with one attached hydrogen (secondary N) is 1. The molecule has 4 aromatic rings. The standard InChI is InChI=1S/C34H35N11O/c35-32-29-33(38-23-37-29)44(24-39-32)21-28-22-45(41-40-28)31(27-14-8-3-9-15-27)30(26-12-6-2-7-13-26)42-16-18-43(19-17-42)34(46)36-20-25-10-4-1-5-11-25/h1-15,22-24,30-31H,16-21,35H2,(H,36,46)/t30-,31+/m0/s1. The molecule has 12 nitrogen and oxygen atoms in total. The molecule has 1 aromatic heterocycles. The lowest BCUT2D eigenvalue weighted by Gasteiger charge is -2.42. The molecule has 0 unspecified atom stereocenters. The minimum atomic E-state index is -0.184. The molecule has 4 heterocycles. The number of nitrogens with two attached hydrogens (primary N) is 1. The van der Waals surface area contributed by atoms with E-state index < -0.39 is 0 Å². The highest BCUT2D eigenvalue weighted by molar-refractivity contribution is 5.74. The molecule has 0 radical (unpaired) electrons. The summed E-state index contributed by atoms with van der Waals surface area (Å²) in [5.41, 5.74) is 10.7. The number of benzene rings is 3. The van der Waals surface area contributed by atoms with Crippen LogP contribution in [-0.2, 0) is 13.1 Å². The lowest BCUT2D eigenvalue weighted by Crippen LogP contribution is -2.53. The van der Waals surface area contributed by atoms with Crippen molar-refractivity contribution in [1.29, 1.82) is 0 Å². The number of anilines is 1. The highest BCUT2D eigenvalue weighted by atomic mass is 16.2. The number of aromatic nitrogens is 7. The van der Waals surface area contributed by atoms with Crippen LogP contribution in [0.3, 0.4) is 0 Å². The van der Waals surface area contributed by atoms with Crippen molar-refractivity contribution in [1.82, 2.24) is 49.6 Å². The van der Waals surface area contributed by atoms with Gasteiger partial charge in [-0.05, 0) is 16.7 Å². The van der Waals surface area contributed by atoms with Gasteiger partial charge < -0.3 is 20.5 Å². The number of nitrogens with zero attached hydrogens (tertiary/aromatic N) is 9. The van der Waals surface area contributed by atoms with Crippen LogP contribution in [0, 0.1) is 0 Å². The maximum atomic E-state index is 13.1. The first-order valence-corrected chi connectivity index (χ1v) is 15.4. The SMILES string of the molecule is Nc1ncn(Cc2cn([C@H](c3ccccc3)[C@H](c3ccccc3)N3CCN(C(=O)NCc4ccccc4)CC3)nn2)c2ncnc1-2. The van der Waals surface area contributed by atoms with E-state index in [-0.39, 0.29) is 18.1 Å². The summed E-state index contributed by atoms with van der Waals surface area (Å²) in [6.45, 7) is 3.58. The van der Waals surface area contributed by atoms with Crippen LogP contribution in [0.1, 0.15) is 34.5 Å². The van der Waals surface area contributed by atoms with E-state index in [4.69, 9.17) is 5.73 Å². The van der Waals surface area contributed by atoms with Crippen molar-refractivity contribution in [3.63, 3.8) is 0 Å². The van der Waals surface area contributed by atoms with Gasteiger partial charge in [-0.25, -0.2) is 24.4 Å². The second-order valence-electron chi connectivity index (χ2n) is 11.4. The van der Waals surface area contributed by atoms with E-state index in [1.54, 1.807) is 6.33 Å². The molecule has 2 atom stereocenters. The zero-order valence-corrected chi connectivity index (χ0v) is 25.3. The molecule has 0 spiro atoms. The topological polar surface area (TPSA) is 136 Å². The summed E-state index contributed by atoms with van der Waals surface area (Å²) in [6.07, 6.45) is 5.13. The maximum Gasteiger partial charge on any atom is 0.317 e. The summed E-state index contributed by atoms with van der Waals surface area (Å²) in [4.78, 5) is 30.3. The Morgan fingerprint density at radius 2 is 1.46 bits per heavy atom. The number of carbonyl (C=O) groups excluding carboxylic acids is 1. The highest BCUT2D eigenvalue weighted by Crippen LogP contribution is 2.37. The largest absolute Gasteiger partial charge is 0.382 e. The van der Waals surface area contributed by atoms with Crippen LogP contribution in [0.15, 0.2) is 110 Å². The summed E-state index contributed by atoms with van der Waals surface area (Å²) in [5.74, 6) is 0.991. The van der Waals surface area contributed by atoms with Crippen molar-refractivity contribution in [3.8, 4) is 11.5 Å². The van der Waals surface area contributed by atoms with E-state index in [9.17, 15) is 4.79 Å². The number of urea groups is 1. The van der Waals surface area contributed by atoms with Crippen LogP contribution in [0.5, 0.6) is 0 Å². The molecule has 0 bridgehead atoms. The molecule has 2 amide bonds. The van der Waals surface area contributed by atoms with Crippen LogP contribution in [0.25, 0.3) is 11.5 Å². The van der Waals surface area contributed by atoms with Crippen molar-refractivity contribution >= 4 is 11.8 Å². The van der Waals surface area contributed by atoms with Gasteiger partial charge in [-0.2, -0.15) is 0 Å². The first-order chi connectivity index (χ1) is 22.6. The molecule has 3 aromatic carbocycles. The molecule has 1 fully saturated rings. The lowest BCUT2D eigenvalue weighted by atomic mass is 9.91. The number of hydrogen-bond acceptors (Lipinski definition) is 8. The Labute approximate surface area is 266 Å². The minimum Gasteiger partial charge on any atom is -0.382 e. The van der Waals surface area contributed by atoms with Gasteiger partial charge in [0.2, 0.25) is 0 Å². The zero-order chi connectivity index (χ0) is 31.3. The van der Waals surface area contributed by atoms with Gasteiger partial charge in [-0.1, -0.05) is 96.2 Å². The second kappa shape index (κ2) is 13.2. The average Bonchev–Trinajstić information content (AvgIpc) is 3.80. The van der Waals surface area contributed by atoms with Crippen LogP contribution in [0.4, 0.5) is 10.6 Å². The normalized spacial score (nSPS) is 15.1. The summed E-state index contributed by atoms with van der Waals surface area (Å²) < 4.78 is 3.84. The molecular formula is C34H35N11O. The Kier molecular flexibility index (Phi) is 8.33. The number of piperazine rings is 1. The Bertz CT molecular complexity index is 1830. The summed E-state index contributed by atoms with van der Waals surface area (Å²) in [5, 5.41) is 12.3. The fourth-order valence-electron chi connectivity index (χ4n) is 6.17. The Morgan fingerprint density at radius 3 is 2.15 bits per heavy atom. The third-order valence-corrected chi connectivity index (χ3v) is 8.47. The van der Waals surface area contributed by atoms with E-state index >= 15 is 0 Å². The molecule has 3 aliphatic heterocycles. The molecule has 12 heteroatoms. The number of fused-ring (bicyclic) bond motifs is 1. The minimum absolute atomic E-state index is 0.0430. The van der Waals surface area contributed by atoms with Gasteiger partial charge in [0, 0.05) is 32.7 Å². The Balaban J connectivity index is 1.15. The van der Waals surface area contributed by atoms with Crippen molar-refractivity contribution in [2.45, 2.75) is 25.2 Å². The van der Waals surface area contributed by atoms with E-state index in [1.807, 2.05) is 62.8 Å². The lowest BCUT2D eigenvalue weighted by molar-refractivity contribution is 0.0873. The quantitative estimate of drug-likeness (QED) is 0.251. The first-order valence-electron chi connectivity index (χ1n) is 15.4. The van der Waals surface area contributed by atoms with E-state index in [0.29, 0.717) is 56.6 Å². The van der Waals surface area contributed by atoms with Crippen LogP contribution in [0.2, 0.25) is 0 Å². The van der Waals surface area contributed by atoms with E-state index in [2.05, 4.69) is 84.0 Å². The number of amides is 2. The Morgan fingerprint density at radius 1 is 0.804 bits per heavy atom. The molecular weight excluding hydrogens is 578 g/mol. The maximum absolute atomic E-state index is 13.1. The van der Waals surface area contributed by atoms with Crippen molar-refractivity contribution in [3.05, 3.63) is 132 Å². The molecule has 0 saturated carbocycles. The van der Waals surface area contributed by atoms with Gasteiger partial charge in [0.15, 0.2) is 11.6 Å². The third-order valence-electron chi connectivity index (χ3n) is 8.47. The highest BCUT2D eigenvalue weighted by Gasteiger charge is 2.35. The summed E-state index contributed by atoms with van der Waals surface area (Å²) in [7, 11) is 0. The van der Waals surface area contributed by atoms with Gasteiger partial charge >= 0.3 is 6.03 Å². The van der Waals surface area contributed by atoms with Crippen molar-refractivity contribution in [2.75, 3.05) is 31.9 Å².